The highest BCUT2D eigenvalue weighted by Gasteiger charge is 2.30. The molecule has 1 saturated carbocycles. The number of ether oxygens (including phenoxy) is 3. The SMILES string of the molecule is CC(C)(C)OC(=O)N(Cc1cc2ccc(Cn3cc(-c4cc(Br)cc5c4cnn5C4CCCCO4)nn3)cc2n1C(=O)OC(C)(C)C)CC1CCC1. The van der Waals surface area contributed by atoms with Crippen molar-refractivity contribution in [1.82, 2.24) is 34.2 Å². The molecule has 7 rings (SSSR count). The molecule has 3 aromatic heterocycles. The molecule has 12 nitrogen and oxygen atoms in total. The van der Waals surface area contributed by atoms with E-state index < -0.39 is 17.3 Å². The quantitative estimate of drug-likeness (QED) is 0.153. The molecule has 2 fully saturated rings. The van der Waals surface area contributed by atoms with Gasteiger partial charge in [0.25, 0.3) is 0 Å². The van der Waals surface area contributed by atoms with Crippen LogP contribution in [0.3, 0.4) is 0 Å². The highest BCUT2D eigenvalue weighted by Crippen LogP contribution is 2.35. The van der Waals surface area contributed by atoms with E-state index in [1.165, 1.54) is 0 Å². The summed E-state index contributed by atoms with van der Waals surface area (Å²) in [5, 5.41) is 15.6. The lowest BCUT2D eigenvalue weighted by Crippen LogP contribution is -2.41. The number of amides is 1. The molecule has 13 heteroatoms. The number of halogens is 1. The number of hydrogen-bond donors (Lipinski definition) is 0. The van der Waals surface area contributed by atoms with E-state index in [-0.39, 0.29) is 18.9 Å². The molecule has 1 atom stereocenters. The molecule has 0 N–H and O–H groups in total. The van der Waals surface area contributed by atoms with Crippen molar-refractivity contribution in [2.45, 2.75) is 111 Å². The van der Waals surface area contributed by atoms with Crippen LogP contribution < -0.4 is 0 Å². The molecule has 2 aliphatic rings. The fourth-order valence-corrected chi connectivity index (χ4v) is 7.36. The molecule has 1 aliphatic carbocycles. The first-order valence-corrected chi connectivity index (χ1v) is 19.0. The summed E-state index contributed by atoms with van der Waals surface area (Å²) in [6.07, 6.45) is 9.27. The standard InChI is InChI=1S/C39H48BrN7O5/c1-38(2,3)51-36(48)44(21-25-10-9-11-25)23-29-17-27-14-13-26(16-33(27)46(29)37(49)52-39(4,5)6)22-45-24-32(42-43-45)30-18-28(40)19-34-31(30)20-41-47(34)35-12-7-8-15-50-35/h13-14,16-20,24-25,35H,7-12,15,21-23H2,1-6H3. The molecule has 276 valence electrons. The van der Waals surface area contributed by atoms with Crippen LogP contribution in [-0.2, 0) is 27.3 Å². The Morgan fingerprint density at radius 2 is 1.75 bits per heavy atom. The average molecular weight is 775 g/mol. The first kappa shape index (κ1) is 36.1. The van der Waals surface area contributed by atoms with Gasteiger partial charge in [0.15, 0.2) is 6.23 Å². The lowest BCUT2D eigenvalue weighted by atomic mass is 9.85. The van der Waals surface area contributed by atoms with Gasteiger partial charge in [0.2, 0.25) is 0 Å². The molecule has 0 spiro atoms. The van der Waals surface area contributed by atoms with E-state index in [1.54, 1.807) is 14.1 Å². The first-order chi connectivity index (χ1) is 24.7. The Morgan fingerprint density at radius 3 is 2.44 bits per heavy atom. The Bertz CT molecular complexity index is 2090. The maximum Gasteiger partial charge on any atom is 0.419 e. The Labute approximate surface area is 312 Å². The van der Waals surface area contributed by atoms with Gasteiger partial charge in [-0.1, -0.05) is 39.7 Å². The number of fused-ring (bicyclic) bond motifs is 2. The highest BCUT2D eigenvalue weighted by molar-refractivity contribution is 9.10. The van der Waals surface area contributed by atoms with E-state index in [9.17, 15) is 9.59 Å². The van der Waals surface area contributed by atoms with E-state index in [4.69, 9.17) is 19.3 Å². The number of aromatic nitrogens is 6. The summed E-state index contributed by atoms with van der Waals surface area (Å²) < 4.78 is 24.0. The second kappa shape index (κ2) is 14.3. The lowest BCUT2D eigenvalue weighted by Gasteiger charge is -2.33. The molecule has 0 radical (unpaired) electrons. The van der Waals surface area contributed by atoms with Gasteiger partial charge in [-0.05, 0) is 109 Å². The van der Waals surface area contributed by atoms with E-state index in [0.717, 1.165) is 82.7 Å². The van der Waals surface area contributed by atoms with E-state index in [1.807, 2.05) is 88.9 Å². The van der Waals surface area contributed by atoms with Crippen LogP contribution in [0.25, 0.3) is 33.1 Å². The Hall–Kier alpha value is -4.23. The van der Waals surface area contributed by atoms with Gasteiger partial charge in [0.05, 0.1) is 36.5 Å². The van der Waals surface area contributed by atoms with E-state index in [2.05, 4.69) is 32.3 Å². The second-order valence-corrected chi connectivity index (χ2v) is 17.0. The minimum Gasteiger partial charge on any atom is -0.444 e. The second-order valence-electron chi connectivity index (χ2n) is 16.1. The first-order valence-electron chi connectivity index (χ1n) is 18.2. The molecule has 1 unspecified atom stereocenters. The molecule has 5 aromatic rings. The predicted molar refractivity (Wildman–Crippen MR) is 202 cm³/mol. The Balaban J connectivity index is 1.19. The van der Waals surface area contributed by atoms with Crippen molar-refractivity contribution in [3.63, 3.8) is 0 Å². The highest BCUT2D eigenvalue weighted by atomic mass is 79.9. The van der Waals surface area contributed by atoms with Crippen molar-refractivity contribution in [3.05, 3.63) is 64.5 Å². The fraction of sp³-hybridized carbons (Fsp3) is 0.513. The zero-order chi connectivity index (χ0) is 36.8. The van der Waals surface area contributed by atoms with Gasteiger partial charge in [0, 0.05) is 39.7 Å². The molecule has 52 heavy (non-hydrogen) atoms. The summed E-state index contributed by atoms with van der Waals surface area (Å²) in [5.74, 6) is 0.418. The van der Waals surface area contributed by atoms with Crippen LogP contribution in [0.15, 0.2) is 53.3 Å². The van der Waals surface area contributed by atoms with Crippen molar-refractivity contribution in [3.8, 4) is 11.3 Å². The third-order valence-electron chi connectivity index (χ3n) is 9.50. The van der Waals surface area contributed by atoms with Crippen molar-refractivity contribution >= 4 is 49.9 Å². The van der Waals surface area contributed by atoms with Crippen molar-refractivity contribution in [2.75, 3.05) is 13.2 Å². The molecule has 1 amide bonds. The van der Waals surface area contributed by atoms with Gasteiger partial charge in [-0.2, -0.15) is 5.10 Å². The number of benzene rings is 2. The van der Waals surface area contributed by atoms with Gasteiger partial charge in [-0.25, -0.2) is 23.5 Å². The number of hydrogen-bond acceptors (Lipinski definition) is 8. The van der Waals surface area contributed by atoms with Gasteiger partial charge in [-0.15, -0.1) is 5.10 Å². The lowest BCUT2D eigenvalue weighted by molar-refractivity contribution is -0.0366. The van der Waals surface area contributed by atoms with Crippen LogP contribution in [-0.4, -0.2) is 70.8 Å². The van der Waals surface area contributed by atoms with Crippen molar-refractivity contribution in [1.29, 1.82) is 0 Å². The van der Waals surface area contributed by atoms with Gasteiger partial charge in [0.1, 0.15) is 16.9 Å². The van der Waals surface area contributed by atoms with Crippen molar-refractivity contribution < 1.29 is 23.8 Å². The van der Waals surface area contributed by atoms with Crippen LogP contribution in [0.4, 0.5) is 9.59 Å². The van der Waals surface area contributed by atoms with Crippen LogP contribution in [0.1, 0.15) is 97.6 Å². The van der Waals surface area contributed by atoms with Crippen LogP contribution in [0.2, 0.25) is 0 Å². The number of carbonyl (C=O) groups is 2. The smallest absolute Gasteiger partial charge is 0.419 e. The van der Waals surface area contributed by atoms with Crippen LogP contribution in [0, 0.1) is 5.92 Å². The fourth-order valence-electron chi connectivity index (χ4n) is 6.91. The van der Waals surface area contributed by atoms with Gasteiger partial charge < -0.3 is 19.1 Å². The number of nitrogens with zero attached hydrogens (tertiary/aromatic N) is 7. The zero-order valence-corrected chi connectivity index (χ0v) is 32.5. The molecule has 0 bridgehead atoms. The van der Waals surface area contributed by atoms with E-state index in [0.29, 0.717) is 30.2 Å². The Kier molecular flexibility index (Phi) is 9.94. The largest absolute Gasteiger partial charge is 0.444 e. The van der Waals surface area contributed by atoms with Gasteiger partial charge >= 0.3 is 12.2 Å². The normalized spacial score (nSPS) is 17.0. The van der Waals surface area contributed by atoms with Crippen LogP contribution in [0.5, 0.6) is 0 Å². The van der Waals surface area contributed by atoms with Crippen LogP contribution >= 0.6 is 15.9 Å². The minimum absolute atomic E-state index is 0.0812. The monoisotopic (exact) mass is 773 g/mol. The summed E-state index contributed by atoms with van der Waals surface area (Å²) in [6, 6.07) is 12.1. The molecule has 1 aliphatic heterocycles. The predicted octanol–water partition coefficient (Wildman–Crippen LogP) is 9.08. The summed E-state index contributed by atoms with van der Waals surface area (Å²) >= 11 is 3.69. The summed E-state index contributed by atoms with van der Waals surface area (Å²) in [7, 11) is 0. The maximum atomic E-state index is 13.9. The third-order valence-corrected chi connectivity index (χ3v) is 9.96. The molecule has 4 heterocycles. The van der Waals surface area contributed by atoms with Crippen molar-refractivity contribution in [2.24, 2.45) is 5.92 Å². The summed E-state index contributed by atoms with van der Waals surface area (Å²) in [4.78, 5) is 29.0. The zero-order valence-electron chi connectivity index (χ0n) is 30.9. The summed E-state index contributed by atoms with van der Waals surface area (Å²) in [5.41, 5.74) is 3.56. The maximum absolute atomic E-state index is 13.9. The Morgan fingerprint density at radius 1 is 0.962 bits per heavy atom. The van der Waals surface area contributed by atoms with Gasteiger partial charge in [-0.3, -0.25) is 0 Å². The molecular weight excluding hydrogens is 726 g/mol. The van der Waals surface area contributed by atoms with E-state index >= 15 is 0 Å². The summed E-state index contributed by atoms with van der Waals surface area (Å²) in [6.45, 7) is 13.1. The number of rotatable bonds is 8. The minimum atomic E-state index is -0.714. The molecular formula is C39H48BrN7O5. The average Bonchev–Trinajstić information content (AvgIpc) is 3.77. The third kappa shape index (κ3) is 8.05. The number of carbonyl (C=O) groups excluding carboxylic acids is 2. The molecule has 1 saturated heterocycles. The topological polar surface area (TPSA) is 119 Å². The molecule has 2 aromatic carbocycles.